The van der Waals surface area contributed by atoms with E-state index in [0.717, 1.165) is 23.3 Å². The number of hydrogen-bond acceptors (Lipinski definition) is 4. The van der Waals surface area contributed by atoms with Crippen molar-refractivity contribution >= 4 is 40.2 Å². The first kappa shape index (κ1) is 13.1. The molecule has 0 atom stereocenters. The Balaban J connectivity index is 1.69. The molecule has 0 saturated carbocycles. The molecule has 0 spiro atoms. The number of H-pyrrole nitrogens is 1. The quantitative estimate of drug-likeness (QED) is 0.776. The monoisotopic (exact) mass is 307 g/mol. The van der Waals surface area contributed by atoms with Crippen LogP contribution in [-0.4, -0.2) is 26.5 Å². The van der Waals surface area contributed by atoms with Crippen molar-refractivity contribution in [2.45, 2.75) is 6.42 Å². The average Bonchev–Trinajstić information content (AvgIpc) is 2.90. The van der Waals surface area contributed by atoms with E-state index in [9.17, 15) is 0 Å². The Morgan fingerprint density at radius 3 is 2.90 bits per heavy atom. The normalized spacial score (nSPS) is 10.9. The topological polar surface area (TPSA) is 66.5 Å². The van der Waals surface area contributed by atoms with Crippen LogP contribution in [0.4, 0.5) is 5.82 Å². The number of aromatic nitrogens is 4. The molecule has 2 heterocycles. The molecule has 1 aromatic carbocycles. The van der Waals surface area contributed by atoms with Gasteiger partial charge in [-0.2, -0.15) is 0 Å². The second-order valence-electron chi connectivity index (χ2n) is 4.24. The smallest absolute Gasteiger partial charge is 0.182 e. The largest absolute Gasteiger partial charge is 0.368 e. The number of halogens is 2. The molecule has 5 nitrogen and oxygen atoms in total. The predicted molar refractivity (Wildman–Crippen MR) is 80.3 cm³/mol. The lowest BCUT2D eigenvalue weighted by Gasteiger charge is -2.07. The zero-order chi connectivity index (χ0) is 13.9. The number of rotatable bonds is 4. The van der Waals surface area contributed by atoms with Crippen LogP contribution in [0.25, 0.3) is 11.2 Å². The van der Waals surface area contributed by atoms with E-state index in [1.165, 1.54) is 6.33 Å². The second-order valence-corrected chi connectivity index (χ2v) is 5.08. The maximum atomic E-state index is 6.13. The highest BCUT2D eigenvalue weighted by molar-refractivity contribution is 6.35. The summed E-state index contributed by atoms with van der Waals surface area (Å²) in [6.45, 7) is 0.701. The molecule has 0 saturated heterocycles. The van der Waals surface area contributed by atoms with Gasteiger partial charge in [0.1, 0.15) is 11.8 Å². The molecule has 7 heteroatoms. The van der Waals surface area contributed by atoms with E-state index < -0.39 is 0 Å². The van der Waals surface area contributed by atoms with Gasteiger partial charge >= 0.3 is 0 Å². The summed E-state index contributed by atoms with van der Waals surface area (Å²) in [6.07, 6.45) is 3.86. The molecule has 102 valence electrons. The Kier molecular flexibility index (Phi) is 3.71. The number of nitrogens with one attached hydrogen (secondary N) is 2. The number of benzene rings is 1. The number of fused-ring (bicyclic) bond motifs is 1. The van der Waals surface area contributed by atoms with Gasteiger partial charge in [-0.1, -0.05) is 29.3 Å². The molecule has 20 heavy (non-hydrogen) atoms. The van der Waals surface area contributed by atoms with E-state index in [-0.39, 0.29) is 0 Å². The summed E-state index contributed by atoms with van der Waals surface area (Å²) < 4.78 is 0. The SMILES string of the molecule is Clc1ccc(CCNc2ncnc3nc[nH]c23)c(Cl)c1. The number of aromatic amines is 1. The summed E-state index contributed by atoms with van der Waals surface area (Å²) in [5.74, 6) is 0.734. The highest BCUT2D eigenvalue weighted by Crippen LogP contribution is 2.21. The third-order valence-electron chi connectivity index (χ3n) is 2.92. The van der Waals surface area contributed by atoms with Gasteiger partial charge in [0, 0.05) is 16.6 Å². The van der Waals surface area contributed by atoms with Crippen LogP contribution >= 0.6 is 23.2 Å². The van der Waals surface area contributed by atoms with Gasteiger partial charge in [0.2, 0.25) is 0 Å². The molecule has 0 radical (unpaired) electrons. The van der Waals surface area contributed by atoms with E-state index in [1.54, 1.807) is 12.4 Å². The Labute approximate surface area is 125 Å². The highest BCUT2D eigenvalue weighted by atomic mass is 35.5. The van der Waals surface area contributed by atoms with Crippen LogP contribution in [0.15, 0.2) is 30.9 Å². The summed E-state index contributed by atoms with van der Waals surface area (Å²) in [5, 5.41) is 4.57. The molecule has 0 amide bonds. The molecule has 3 rings (SSSR count). The minimum Gasteiger partial charge on any atom is -0.368 e. The fraction of sp³-hybridized carbons (Fsp3) is 0.154. The first-order valence-electron chi connectivity index (χ1n) is 6.06. The number of hydrogen-bond donors (Lipinski definition) is 2. The van der Waals surface area contributed by atoms with Crippen LogP contribution in [0.3, 0.4) is 0 Å². The van der Waals surface area contributed by atoms with Crippen molar-refractivity contribution in [3.8, 4) is 0 Å². The van der Waals surface area contributed by atoms with Gasteiger partial charge in [-0.05, 0) is 24.1 Å². The van der Waals surface area contributed by atoms with E-state index in [1.807, 2.05) is 12.1 Å². The van der Waals surface area contributed by atoms with Gasteiger partial charge < -0.3 is 10.3 Å². The maximum absolute atomic E-state index is 6.13. The van der Waals surface area contributed by atoms with Gasteiger partial charge in [-0.25, -0.2) is 15.0 Å². The molecule has 0 unspecified atom stereocenters. The fourth-order valence-corrected chi connectivity index (χ4v) is 2.44. The summed E-state index contributed by atoms with van der Waals surface area (Å²) in [5.41, 5.74) is 2.49. The standard InChI is InChI=1S/C13H11Cl2N5/c14-9-2-1-8(10(15)5-9)3-4-16-12-11-13(18-6-17-11)20-7-19-12/h1-2,5-7H,3-4H2,(H2,16,17,18,19,20). The van der Waals surface area contributed by atoms with Crippen LogP contribution in [0.5, 0.6) is 0 Å². The first-order valence-corrected chi connectivity index (χ1v) is 6.81. The van der Waals surface area contributed by atoms with Crippen molar-refractivity contribution in [1.82, 2.24) is 19.9 Å². The summed E-state index contributed by atoms with van der Waals surface area (Å²) >= 11 is 12.0. The third-order valence-corrected chi connectivity index (χ3v) is 3.51. The zero-order valence-electron chi connectivity index (χ0n) is 10.4. The second kappa shape index (κ2) is 5.64. The molecule has 2 N–H and O–H groups in total. The number of anilines is 1. The van der Waals surface area contributed by atoms with Crippen molar-refractivity contribution in [2.75, 3.05) is 11.9 Å². The lowest BCUT2D eigenvalue weighted by molar-refractivity contribution is 1.00. The molecule has 0 fully saturated rings. The molecular formula is C13H11Cl2N5. The average molecular weight is 308 g/mol. The Morgan fingerprint density at radius 1 is 1.15 bits per heavy atom. The van der Waals surface area contributed by atoms with Crippen molar-refractivity contribution in [1.29, 1.82) is 0 Å². The third kappa shape index (κ3) is 2.69. The van der Waals surface area contributed by atoms with Crippen molar-refractivity contribution in [2.24, 2.45) is 0 Å². The van der Waals surface area contributed by atoms with Crippen molar-refractivity contribution in [3.05, 3.63) is 46.5 Å². The van der Waals surface area contributed by atoms with Gasteiger partial charge in [0.05, 0.1) is 6.33 Å². The van der Waals surface area contributed by atoms with Crippen LogP contribution in [0.2, 0.25) is 10.0 Å². The Hall–Kier alpha value is -1.85. The van der Waals surface area contributed by atoms with Gasteiger partial charge in [0.15, 0.2) is 11.5 Å². The summed E-state index contributed by atoms with van der Waals surface area (Å²) in [4.78, 5) is 15.4. The molecule has 0 aliphatic rings. The first-order chi connectivity index (χ1) is 9.74. The molecular weight excluding hydrogens is 297 g/mol. The molecule has 0 aliphatic carbocycles. The number of nitrogens with zero attached hydrogens (tertiary/aromatic N) is 3. The predicted octanol–water partition coefficient (Wildman–Crippen LogP) is 3.31. The maximum Gasteiger partial charge on any atom is 0.182 e. The number of imidazole rings is 1. The van der Waals surface area contributed by atoms with Crippen LogP contribution in [0.1, 0.15) is 5.56 Å². The molecule has 3 aromatic rings. The zero-order valence-corrected chi connectivity index (χ0v) is 11.9. The lowest BCUT2D eigenvalue weighted by Crippen LogP contribution is -2.07. The lowest BCUT2D eigenvalue weighted by atomic mass is 10.1. The van der Waals surface area contributed by atoms with Gasteiger partial charge in [0.25, 0.3) is 0 Å². The molecule has 2 aromatic heterocycles. The molecule has 0 bridgehead atoms. The van der Waals surface area contributed by atoms with E-state index >= 15 is 0 Å². The van der Waals surface area contributed by atoms with Gasteiger partial charge in [-0.3, -0.25) is 0 Å². The van der Waals surface area contributed by atoms with Crippen molar-refractivity contribution < 1.29 is 0 Å². The van der Waals surface area contributed by atoms with E-state index in [2.05, 4.69) is 25.3 Å². The minimum atomic E-state index is 0.640. The minimum absolute atomic E-state index is 0.640. The highest BCUT2D eigenvalue weighted by Gasteiger charge is 2.06. The van der Waals surface area contributed by atoms with Crippen LogP contribution < -0.4 is 5.32 Å². The van der Waals surface area contributed by atoms with Crippen LogP contribution in [0, 0.1) is 0 Å². The molecule has 0 aliphatic heterocycles. The van der Waals surface area contributed by atoms with Crippen molar-refractivity contribution in [3.63, 3.8) is 0 Å². The summed E-state index contributed by atoms with van der Waals surface area (Å²) in [6, 6.07) is 5.51. The van der Waals surface area contributed by atoms with E-state index in [4.69, 9.17) is 23.2 Å². The van der Waals surface area contributed by atoms with Gasteiger partial charge in [-0.15, -0.1) is 0 Å². The Morgan fingerprint density at radius 2 is 2.05 bits per heavy atom. The van der Waals surface area contributed by atoms with E-state index in [0.29, 0.717) is 22.2 Å². The summed E-state index contributed by atoms with van der Waals surface area (Å²) in [7, 11) is 0. The fourth-order valence-electron chi connectivity index (χ4n) is 1.94. The van der Waals surface area contributed by atoms with Crippen LogP contribution in [-0.2, 0) is 6.42 Å². The Bertz CT molecular complexity index is 740.